The molecule has 0 aromatic carbocycles. The van der Waals surface area contributed by atoms with Crippen LogP contribution in [0.4, 0.5) is 0 Å². The second-order valence-corrected chi connectivity index (χ2v) is 4.10. The van der Waals surface area contributed by atoms with Crippen molar-refractivity contribution in [2.75, 3.05) is 13.1 Å². The van der Waals surface area contributed by atoms with Gasteiger partial charge in [-0.05, 0) is 32.7 Å². The summed E-state index contributed by atoms with van der Waals surface area (Å²) >= 11 is 0. The van der Waals surface area contributed by atoms with Crippen molar-refractivity contribution in [2.45, 2.75) is 32.2 Å². The fraction of sp³-hybridized carbons (Fsp3) is 0.636. The normalized spacial score (nSPS) is 17.7. The van der Waals surface area contributed by atoms with Gasteiger partial charge in [-0.1, -0.05) is 0 Å². The summed E-state index contributed by atoms with van der Waals surface area (Å²) in [6.45, 7) is 3.54. The molecule has 2 heterocycles. The van der Waals surface area contributed by atoms with Gasteiger partial charge in [-0.2, -0.15) is 0 Å². The Morgan fingerprint density at radius 2 is 2.39 bits per heavy atom. The SMILES string of the molecule is Cc1ncoc1C(=O)NCC[C@H]1CCCN1.Cl.Cl. The van der Waals surface area contributed by atoms with Gasteiger partial charge in [0.15, 0.2) is 6.39 Å². The average Bonchev–Trinajstić information content (AvgIpc) is 2.88. The highest BCUT2D eigenvalue weighted by atomic mass is 35.5. The summed E-state index contributed by atoms with van der Waals surface area (Å²) in [7, 11) is 0. The summed E-state index contributed by atoms with van der Waals surface area (Å²) < 4.78 is 5.01. The van der Waals surface area contributed by atoms with E-state index in [9.17, 15) is 4.79 Å². The summed E-state index contributed by atoms with van der Waals surface area (Å²) in [4.78, 5) is 15.5. The molecule has 1 fully saturated rings. The number of nitrogens with zero attached hydrogens (tertiary/aromatic N) is 1. The third-order valence-electron chi connectivity index (χ3n) is 2.89. The van der Waals surface area contributed by atoms with E-state index in [0.717, 1.165) is 13.0 Å². The number of carbonyl (C=O) groups is 1. The molecular weight excluding hydrogens is 277 g/mol. The van der Waals surface area contributed by atoms with E-state index in [1.807, 2.05) is 0 Å². The number of amides is 1. The number of nitrogens with one attached hydrogen (secondary N) is 2. The van der Waals surface area contributed by atoms with Gasteiger partial charge in [-0.15, -0.1) is 24.8 Å². The first-order chi connectivity index (χ1) is 7.77. The molecule has 2 rings (SSSR count). The van der Waals surface area contributed by atoms with Crippen LogP contribution in [0.25, 0.3) is 0 Å². The van der Waals surface area contributed by atoms with E-state index in [2.05, 4.69) is 15.6 Å². The summed E-state index contributed by atoms with van der Waals surface area (Å²) in [5.74, 6) is 0.146. The zero-order valence-corrected chi connectivity index (χ0v) is 11.9. The lowest BCUT2D eigenvalue weighted by molar-refractivity contribution is 0.0924. The summed E-state index contributed by atoms with van der Waals surface area (Å²) in [6.07, 6.45) is 4.71. The molecule has 104 valence electrons. The number of oxazole rings is 1. The van der Waals surface area contributed by atoms with Crippen molar-refractivity contribution in [3.05, 3.63) is 17.8 Å². The Kier molecular flexibility index (Phi) is 7.98. The number of hydrogen-bond acceptors (Lipinski definition) is 4. The Morgan fingerprint density at radius 3 is 2.94 bits per heavy atom. The molecule has 18 heavy (non-hydrogen) atoms. The average molecular weight is 296 g/mol. The van der Waals surface area contributed by atoms with Crippen LogP contribution in [0.3, 0.4) is 0 Å². The van der Waals surface area contributed by atoms with Crippen LogP contribution in [0.1, 0.15) is 35.5 Å². The van der Waals surface area contributed by atoms with Gasteiger partial charge in [0, 0.05) is 12.6 Å². The van der Waals surface area contributed by atoms with Gasteiger partial charge in [0.2, 0.25) is 5.76 Å². The van der Waals surface area contributed by atoms with E-state index in [1.165, 1.54) is 19.2 Å². The molecule has 1 aromatic heterocycles. The topological polar surface area (TPSA) is 67.2 Å². The molecule has 1 aliphatic heterocycles. The molecule has 0 saturated carbocycles. The van der Waals surface area contributed by atoms with E-state index >= 15 is 0 Å². The molecule has 0 unspecified atom stereocenters. The van der Waals surface area contributed by atoms with Gasteiger partial charge < -0.3 is 15.1 Å². The first-order valence-electron chi connectivity index (χ1n) is 5.69. The minimum atomic E-state index is -0.173. The van der Waals surface area contributed by atoms with Crippen LogP contribution in [0.15, 0.2) is 10.8 Å². The molecule has 1 saturated heterocycles. The molecule has 2 N–H and O–H groups in total. The Morgan fingerprint density at radius 1 is 1.61 bits per heavy atom. The maximum atomic E-state index is 11.6. The molecule has 0 radical (unpaired) electrons. The summed E-state index contributed by atoms with van der Waals surface area (Å²) in [5.41, 5.74) is 0.636. The number of hydrogen-bond donors (Lipinski definition) is 2. The summed E-state index contributed by atoms with van der Waals surface area (Å²) in [5, 5.41) is 6.23. The predicted octanol–water partition coefficient (Wildman–Crippen LogP) is 1.70. The Bertz CT molecular complexity index is 365. The quantitative estimate of drug-likeness (QED) is 0.887. The van der Waals surface area contributed by atoms with Crippen LogP contribution < -0.4 is 10.6 Å². The highest BCUT2D eigenvalue weighted by molar-refractivity contribution is 5.92. The maximum Gasteiger partial charge on any atom is 0.288 e. The standard InChI is InChI=1S/C11H17N3O2.2ClH/c1-8-10(16-7-14-8)11(15)13-6-4-9-3-2-5-12-9;;/h7,9,12H,2-6H2,1H3,(H,13,15);2*1H/t9-;;/m1../s1. The highest BCUT2D eigenvalue weighted by Crippen LogP contribution is 2.08. The molecule has 5 nitrogen and oxygen atoms in total. The summed E-state index contributed by atoms with van der Waals surface area (Å²) in [6, 6.07) is 0.552. The number of halogens is 2. The third-order valence-corrected chi connectivity index (χ3v) is 2.89. The van der Waals surface area contributed by atoms with E-state index in [0.29, 0.717) is 24.0 Å². The van der Waals surface area contributed by atoms with Crippen LogP contribution in [0.5, 0.6) is 0 Å². The fourth-order valence-corrected chi connectivity index (χ4v) is 1.96. The van der Waals surface area contributed by atoms with Gasteiger partial charge in [0.25, 0.3) is 5.91 Å². The minimum Gasteiger partial charge on any atom is -0.438 e. The second-order valence-electron chi connectivity index (χ2n) is 4.10. The zero-order valence-electron chi connectivity index (χ0n) is 10.3. The van der Waals surface area contributed by atoms with Gasteiger partial charge in [0.05, 0.1) is 5.69 Å². The monoisotopic (exact) mass is 295 g/mol. The lowest BCUT2D eigenvalue weighted by Gasteiger charge is -2.09. The first-order valence-corrected chi connectivity index (χ1v) is 5.69. The molecule has 0 spiro atoms. The highest BCUT2D eigenvalue weighted by Gasteiger charge is 2.16. The molecular formula is C11H19Cl2N3O2. The first kappa shape index (κ1) is 17.2. The van der Waals surface area contributed by atoms with E-state index in [4.69, 9.17) is 4.42 Å². The fourth-order valence-electron chi connectivity index (χ4n) is 1.96. The van der Waals surface area contributed by atoms with Crippen molar-refractivity contribution in [3.8, 4) is 0 Å². The molecule has 1 aromatic rings. The Labute approximate surface area is 119 Å². The molecule has 1 atom stereocenters. The van der Waals surface area contributed by atoms with Crippen molar-refractivity contribution in [1.82, 2.24) is 15.6 Å². The lowest BCUT2D eigenvalue weighted by Crippen LogP contribution is -2.30. The smallest absolute Gasteiger partial charge is 0.288 e. The lowest BCUT2D eigenvalue weighted by atomic mass is 10.1. The van der Waals surface area contributed by atoms with Crippen LogP contribution in [0.2, 0.25) is 0 Å². The van der Waals surface area contributed by atoms with E-state index in [-0.39, 0.29) is 30.7 Å². The molecule has 0 aliphatic carbocycles. The largest absolute Gasteiger partial charge is 0.438 e. The Hall–Kier alpha value is -0.780. The van der Waals surface area contributed by atoms with E-state index in [1.54, 1.807) is 6.92 Å². The molecule has 1 amide bonds. The molecule has 7 heteroatoms. The Balaban J connectivity index is 0.00000144. The van der Waals surface area contributed by atoms with Gasteiger partial charge >= 0.3 is 0 Å². The number of aromatic nitrogens is 1. The third kappa shape index (κ3) is 4.48. The van der Waals surface area contributed by atoms with Gasteiger partial charge in [-0.3, -0.25) is 4.79 Å². The predicted molar refractivity (Wildman–Crippen MR) is 73.7 cm³/mol. The number of carbonyl (C=O) groups excluding carboxylic acids is 1. The zero-order chi connectivity index (χ0) is 11.4. The molecule has 1 aliphatic rings. The second kappa shape index (κ2) is 8.34. The van der Waals surface area contributed by atoms with Crippen molar-refractivity contribution < 1.29 is 9.21 Å². The maximum absolute atomic E-state index is 11.6. The number of rotatable bonds is 4. The molecule has 0 bridgehead atoms. The van der Waals surface area contributed by atoms with Crippen LogP contribution in [-0.2, 0) is 0 Å². The van der Waals surface area contributed by atoms with Crippen LogP contribution in [0, 0.1) is 6.92 Å². The van der Waals surface area contributed by atoms with Gasteiger partial charge in [-0.25, -0.2) is 4.98 Å². The van der Waals surface area contributed by atoms with Crippen LogP contribution in [-0.4, -0.2) is 30.0 Å². The number of aryl methyl sites for hydroxylation is 1. The van der Waals surface area contributed by atoms with Crippen molar-refractivity contribution in [3.63, 3.8) is 0 Å². The van der Waals surface area contributed by atoms with Crippen molar-refractivity contribution >= 4 is 30.7 Å². The van der Waals surface area contributed by atoms with Crippen molar-refractivity contribution in [2.24, 2.45) is 0 Å². The minimum absolute atomic E-state index is 0. The van der Waals surface area contributed by atoms with Crippen LogP contribution >= 0.6 is 24.8 Å². The van der Waals surface area contributed by atoms with E-state index < -0.39 is 0 Å². The van der Waals surface area contributed by atoms with Gasteiger partial charge in [0.1, 0.15) is 0 Å². The van der Waals surface area contributed by atoms with Crippen molar-refractivity contribution in [1.29, 1.82) is 0 Å².